The first-order valence-corrected chi connectivity index (χ1v) is 10.1. The molecule has 4 heteroatoms. The van der Waals surface area contributed by atoms with Crippen LogP contribution in [0.1, 0.15) is 29.5 Å². The number of para-hydroxylation sites is 1. The van der Waals surface area contributed by atoms with Gasteiger partial charge in [-0.1, -0.05) is 48.0 Å². The molecule has 1 aliphatic rings. The van der Waals surface area contributed by atoms with Crippen LogP contribution >= 0.6 is 0 Å². The van der Waals surface area contributed by atoms with E-state index in [1.807, 2.05) is 24.1 Å². The summed E-state index contributed by atoms with van der Waals surface area (Å²) in [5.74, 6) is 0.161. The van der Waals surface area contributed by atoms with Crippen LogP contribution in [0.3, 0.4) is 0 Å². The van der Waals surface area contributed by atoms with E-state index in [9.17, 15) is 4.79 Å². The van der Waals surface area contributed by atoms with Gasteiger partial charge in [0, 0.05) is 43.8 Å². The topological polar surface area (TPSA) is 34.5 Å². The van der Waals surface area contributed by atoms with E-state index in [0.29, 0.717) is 19.5 Å². The molecule has 28 heavy (non-hydrogen) atoms. The lowest BCUT2D eigenvalue weighted by molar-refractivity contribution is -0.132. The van der Waals surface area contributed by atoms with E-state index < -0.39 is 0 Å². The lowest BCUT2D eigenvalue weighted by atomic mass is 10.1. The van der Waals surface area contributed by atoms with Gasteiger partial charge >= 0.3 is 0 Å². The largest absolute Gasteiger partial charge is 0.376 e. The number of aromatic nitrogens is 1. The summed E-state index contributed by atoms with van der Waals surface area (Å²) in [4.78, 5) is 15.3. The average Bonchev–Trinajstić information content (AvgIpc) is 3.30. The van der Waals surface area contributed by atoms with Crippen molar-refractivity contribution >= 4 is 16.8 Å². The van der Waals surface area contributed by atoms with Gasteiger partial charge in [-0.05, 0) is 37.0 Å². The number of amides is 1. The van der Waals surface area contributed by atoms with Crippen LogP contribution in [0, 0.1) is 6.92 Å². The van der Waals surface area contributed by atoms with E-state index in [1.165, 1.54) is 11.1 Å². The first-order valence-electron chi connectivity index (χ1n) is 10.1. The van der Waals surface area contributed by atoms with Crippen LogP contribution in [0.4, 0.5) is 0 Å². The lowest BCUT2D eigenvalue weighted by Crippen LogP contribution is -2.37. The van der Waals surface area contributed by atoms with Crippen molar-refractivity contribution in [1.82, 2.24) is 9.47 Å². The third-order valence-electron chi connectivity index (χ3n) is 5.58. The number of nitrogens with zero attached hydrogens (tertiary/aromatic N) is 2. The Hall–Kier alpha value is -2.59. The molecule has 2 aromatic carbocycles. The molecule has 1 fully saturated rings. The molecule has 0 N–H and O–H groups in total. The molecule has 1 amide bonds. The number of rotatable bonds is 6. The summed E-state index contributed by atoms with van der Waals surface area (Å²) in [5, 5.41) is 1.16. The van der Waals surface area contributed by atoms with Crippen molar-refractivity contribution in [2.24, 2.45) is 7.05 Å². The quantitative estimate of drug-likeness (QED) is 0.645. The minimum Gasteiger partial charge on any atom is -0.376 e. The number of hydrogen-bond acceptors (Lipinski definition) is 2. The van der Waals surface area contributed by atoms with Crippen LogP contribution < -0.4 is 0 Å². The molecule has 1 saturated heterocycles. The molecule has 0 radical (unpaired) electrons. The Morgan fingerprint density at radius 2 is 2.07 bits per heavy atom. The number of benzene rings is 2. The molecule has 1 unspecified atom stereocenters. The predicted octanol–water partition coefficient (Wildman–Crippen LogP) is 4.24. The van der Waals surface area contributed by atoms with Crippen LogP contribution in [-0.2, 0) is 29.5 Å². The summed E-state index contributed by atoms with van der Waals surface area (Å²) in [6.45, 7) is 4.19. The Labute approximate surface area is 166 Å². The van der Waals surface area contributed by atoms with Crippen LogP contribution in [0.25, 0.3) is 10.9 Å². The molecule has 0 aliphatic carbocycles. The fraction of sp³-hybridized carbons (Fsp3) is 0.375. The molecule has 146 valence electrons. The van der Waals surface area contributed by atoms with Gasteiger partial charge < -0.3 is 14.2 Å². The van der Waals surface area contributed by atoms with E-state index in [0.717, 1.165) is 35.9 Å². The van der Waals surface area contributed by atoms with E-state index >= 15 is 0 Å². The fourth-order valence-corrected chi connectivity index (χ4v) is 4.16. The average molecular weight is 377 g/mol. The van der Waals surface area contributed by atoms with Gasteiger partial charge in [0.15, 0.2) is 0 Å². The molecular formula is C24H28N2O2. The van der Waals surface area contributed by atoms with E-state index in [4.69, 9.17) is 4.74 Å². The maximum atomic E-state index is 13.3. The number of fused-ring (bicyclic) bond motifs is 1. The second-order valence-corrected chi connectivity index (χ2v) is 7.86. The van der Waals surface area contributed by atoms with Crippen molar-refractivity contribution in [2.45, 2.75) is 38.8 Å². The first-order chi connectivity index (χ1) is 13.6. The highest BCUT2D eigenvalue weighted by molar-refractivity contribution is 5.89. The van der Waals surface area contributed by atoms with Crippen molar-refractivity contribution in [3.05, 3.63) is 71.4 Å². The molecule has 0 bridgehead atoms. The Balaban J connectivity index is 1.56. The van der Waals surface area contributed by atoms with Gasteiger partial charge in [0.25, 0.3) is 0 Å². The monoisotopic (exact) mass is 376 g/mol. The molecule has 2 heterocycles. The van der Waals surface area contributed by atoms with Crippen LogP contribution in [0.2, 0.25) is 0 Å². The Morgan fingerprint density at radius 3 is 2.86 bits per heavy atom. The molecule has 1 aromatic heterocycles. The summed E-state index contributed by atoms with van der Waals surface area (Å²) in [6, 6.07) is 16.7. The van der Waals surface area contributed by atoms with Gasteiger partial charge in [-0.25, -0.2) is 0 Å². The number of aryl methyl sites for hydroxylation is 2. The zero-order chi connectivity index (χ0) is 19.5. The lowest BCUT2D eigenvalue weighted by Gasteiger charge is -2.26. The van der Waals surface area contributed by atoms with Crippen LogP contribution in [0.5, 0.6) is 0 Å². The molecule has 1 aliphatic heterocycles. The standard InChI is InChI=1S/C24H28N2O2/c1-18-7-5-8-19(13-18)15-26(17-21-9-6-12-28-21)24(27)14-20-16-25(2)23-11-4-3-10-22(20)23/h3-5,7-8,10-11,13,16,21H,6,9,12,14-15,17H2,1-2H3. The molecule has 4 rings (SSSR count). The smallest absolute Gasteiger partial charge is 0.227 e. The van der Waals surface area contributed by atoms with Gasteiger partial charge in [0.05, 0.1) is 12.5 Å². The zero-order valence-corrected chi connectivity index (χ0v) is 16.7. The highest BCUT2D eigenvalue weighted by Crippen LogP contribution is 2.22. The summed E-state index contributed by atoms with van der Waals surface area (Å²) in [7, 11) is 2.03. The number of hydrogen-bond donors (Lipinski definition) is 0. The fourth-order valence-electron chi connectivity index (χ4n) is 4.16. The second-order valence-electron chi connectivity index (χ2n) is 7.86. The zero-order valence-electron chi connectivity index (χ0n) is 16.7. The minimum absolute atomic E-state index is 0.154. The van der Waals surface area contributed by atoms with Gasteiger partial charge in [0.2, 0.25) is 5.91 Å². The summed E-state index contributed by atoms with van der Waals surface area (Å²) >= 11 is 0. The number of ether oxygens (including phenoxy) is 1. The molecule has 0 saturated carbocycles. The first kappa shape index (κ1) is 18.8. The van der Waals surface area contributed by atoms with Crippen LogP contribution in [-0.4, -0.2) is 34.6 Å². The highest BCUT2D eigenvalue weighted by Gasteiger charge is 2.23. The molecule has 4 nitrogen and oxygen atoms in total. The summed E-state index contributed by atoms with van der Waals surface area (Å²) in [6.07, 6.45) is 4.77. The van der Waals surface area contributed by atoms with Crippen molar-refractivity contribution in [2.75, 3.05) is 13.2 Å². The minimum atomic E-state index is 0.154. The third-order valence-corrected chi connectivity index (χ3v) is 5.58. The normalized spacial score (nSPS) is 16.6. The van der Waals surface area contributed by atoms with E-state index in [-0.39, 0.29) is 12.0 Å². The molecule has 1 atom stereocenters. The predicted molar refractivity (Wildman–Crippen MR) is 112 cm³/mol. The van der Waals surface area contributed by atoms with Crippen molar-refractivity contribution in [3.63, 3.8) is 0 Å². The van der Waals surface area contributed by atoms with Crippen LogP contribution in [0.15, 0.2) is 54.7 Å². The second kappa shape index (κ2) is 8.19. The van der Waals surface area contributed by atoms with Gasteiger partial charge in [-0.3, -0.25) is 4.79 Å². The SMILES string of the molecule is Cc1cccc(CN(CC2CCCO2)C(=O)Cc2cn(C)c3ccccc23)c1. The third kappa shape index (κ3) is 4.12. The highest BCUT2D eigenvalue weighted by atomic mass is 16.5. The summed E-state index contributed by atoms with van der Waals surface area (Å²) in [5.41, 5.74) is 4.64. The van der Waals surface area contributed by atoms with Gasteiger partial charge in [-0.15, -0.1) is 0 Å². The number of carbonyl (C=O) groups excluding carboxylic acids is 1. The Bertz CT molecular complexity index is 970. The maximum Gasteiger partial charge on any atom is 0.227 e. The maximum absolute atomic E-state index is 13.3. The van der Waals surface area contributed by atoms with E-state index in [1.54, 1.807) is 0 Å². The molecular weight excluding hydrogens is 348 g/mol. The summed E-state index contributed by atoms with van der Waals surface area (Å²) < 4.78 is 7.92. The molecule has 0 spiro atoms. The van der Waals surface area contributed by atoms with Gasteiger partial charge in [0.1, 0.15) is 0 Å². The van der Waals surface area contributed by atoms with E-state index in [2.05, 4.69) is 54.1 Å². The molecule has 3 aromatic rings. The number of carbonyl (C=O) groups is 1. The van der Waals surface area contributed by atoms with Gasteiger partial charge in [-0.2, -0.15) is 0 Å². The Morgan fingerprint density at radius 1 is 1.21 bits per heavy atom. The van der Waals surface area contributed by atoms with Crippen molar-refractivity contribution < 1.29 is 9.53 Å². The van der Waals surface area contributed by atoms with Crippen molar-refractivity contribution in [3.8, 4) is 0 Å². The van der Waals surface area contributed by atoms with Crippen molar-refractivity contribution in [1.29, 1.82) is 0 Å². The Kier molecular flexibility index (Phi) is 5.49.